The summed E-state index contributed by atoms with van der Waals surface area (Å²) in [6.45, 7) is 0.933. The van der Waals surface area contributed by atoms with Crippen molar-refractivity contribution >= 4 is 11.8 Å². The van der Waals surface area contributed by atoms with Gasteiger partial charge in [0.2, 0.25) is 0 Å². The fourth-order valence-electron chi connectivity index (χ4n) is 2.37. The molecule has 3 rings (SSSR count). The van der Waals surface area contributed by atoms with E-state index in [9.17, 15) is 4.79 Å². The summed E-state index contributed by atoms with van der Waals surface area (Å²) in [5.74, 6) is 1.51. The number of anilines is 1. The van der Waals surface area contributed by atoms with E-state index in [1.807, 2.05) is 30.3 Å². The maximum Gasteiger partial charge on any atom is 0.412 e. The molecule has 2 aromatic carbocycles. The largest absolute Gasteiger partial charge is 0.495 e. The van der Waals surface area contributed by atoms with Crippen LogP contribution in [0.5, 0.6) is 11.5 Å². The number of carbonyl (C=O) groups is 1. The zero-order chi connectivity index (χ0) is 15.4. The normalized spacial score (nSPS) is 12.2. The number of para-hydroxylation sites is 2. The lowest BCUT2D eigenvalue weighted by atomic mass is 10.1. The molecular weight excluding hydrogens is 282 g/mol. The summed E-state index contributed by atoms with van der Waals surface area (Å²) < 4.78 is 15.9. The Morgan fingerprint density at radius 3 is 3.00 bits per heavy atom. The van der Waals surface area contributed by atoms with Crippen LogP contribution in [0.15, 0.2) is 42.5 Å². The van der Waals surface area contributed by atoms with E-state index >= 15 is 0 Å². The molecule has 1 N–H and O–H groups in total. The number of amides is 1. The Kier molecular flexibility index (Phi) is 4.14. The zero-order valence-electron chi connectivity index (χ0n) is 12.3. The minimum atomic E-state index is -0.513. The molecular formula is C17H17NO4. The highest BCUT2D eigenvalue weighted by Crippen LogP contribution is 2.26. The number of carbonyl (C=O) groups excluding carboxylic acids is 1. The van der Waals surface area contributed by atoms with Crippen molar-refractivity contribution in [2.24, 2.45) is 0 Å². The second-order valence-electron chi connectivity index (χ2n) is 4.94. The van der Waals surface area contributed by atoms with Gasteiger partial charge in [-0.1, -0.05) is 18.2 Å². The van der Waals surface area contributed by atoms with Crippen LogP contribution in [0.4, 0.5) is 10.5 Å². The van der Waals surface area contributed by atoms with E-state index in [-0.39, 0.29) is 6.61 Å². The molecule has 2 aromatic rings. The third-order valence-corrected chi connectivity index (χ3v) is 3.47. The van der Waals surface area contributed by atoms with Crippen LogP contribution in [0.3, 0.4) is 0 Å². The molecule has 114 valence electrons. The quantitative estimate of drug-likeness (QED) is 0.940. The number of rotatable bonds is 4. The minimum Gasteiger partial charge on any atom is -0.495 e. The van der Waals surface area contributed by atoms with Gasteiger partial charge in [-0.3, -0.25) is 5.32 Å². The van der Waals surface area contributed by atoms with E-state index in [1.54, 1.807) is 19.2 Å². The summed E-state index contributed by atoms with van der Waals surface area (Å²) >= 11 is 0. The van der Waals surface area contributed by atoms with Crippen LogP contribution < -0.4 is 14.8 Å². The van der Waals surface area contributed by atoms with Crippen LogP contribution >= 0.6 is 0 Å². The van der Waals surface area contributed by atoms with Gasteiger partial charge in [0.25, 0.3) is 0 Å². The lowest BCUT2D eigenvalue weighted by Crippen LogP contribution is -2.14. The summed E-state index contributed by atoms with van der Waals surface area (Å²) in [5, 5.41) is 2.67. The smallest absolute Gasteiger partial charge is 0.412 e. The molecule has 0 fully saturated rings. The predicted molar refractivity (Wildman–Crippen MR) is 82.4 cm³/mol. The van der Waals surface area contributed by atoms with Crippen molar-refractivity contribution in [1.82, 2.24) is 0 Å². The van der Waals surface area contributed by atoms with Gasteiger partial charge in [-0.25, -0.2) is 4.79 Å². The standard InChI is InChI=1S/C17H17NO4/c1-20-16-5-3-2-4-14(16)18-17(19)22-11-12-6-7-15-13(10-12)8-9-21-15/h2-7,10H,8-9,11H2,1H3,(H,18,19). The molecule has 0 aliphatic carbocycles. The highest BCUT2D eigenvalue weighted by molar-refractivity contribution is 5.86. The van der Waals surface area contributed by atoms with Gasteiger partial charge in [-0.2, -0.15) is 0 Å². The van der Waals surface area contributed by atoms with Crippen LogP contribution in [0.25, 0.3) is 0 Å². The average molecular weight is 299 g/mol. The topological polar surface area (TPSA) is 56.8 Å². The highest BCUT2D eigenvalue weighted by atomic mass is 16.5. The van der Waals surface area contributed by atoms with Crippen LogP contribution in [-0.2, 0) is 17.8 Å². The number of methoxy groups -OCH3 is 1. The number of hydrogen-bond acceptors (Lipinski definition) is 4. The number of benzene rings is 2. The molecule has 1 aliphatic heterocycles. The van der Waals surface area contributed by atoms with E-state index < -0.39 is 6.09 Å². The Hall–Kier alpha value is -2.69. The Morgan fingerprint density at radius 2 is 2.14 bits per heavy atom. The summed E-state index contributed by atoms with van der Waals surface area (Å²) in [6, 6.07) is 13.0. The van der Waals surface area contributed by atoms with Crippen molar-refractivity contribution in [3.05, 3.63) is 53.6 Å². The van der Waals surface area contributed by atoms with Gasteiger partial charge in [0.1, 0.15) is 18.1 Å². The lowest BCUT2D eigenvalue weighted by molar-refractivity contribution is 0.155. The summed E-state index contributed by atoms with van der Waals surface area (Å²) in [4.78, 5) is 11.9. The van der Waals surface area contributed by atoms with Gasteiger partial charge in [-0.05, 0) is 35.4 Å². The number of ether oxygens (including phenoxy) is 3. The second-order valence-corrected chi connectivity index (χ2v) is 4.94. The number of nitrogens with one attached hydrogen (secondary N) is 1. The van der Waals surface area contributed by atoms with E-state index in [1.165, 1.54) is 0 Å². The van der Waals surface area contributed by atoms with Crippen molar-refractivity contribution in [1.29, 1.82) is 0 Å². The maximum atomic E-state index is 11.9. The van der Waals surface area contributed by atoms with Gasteiger partial charge in [-0.15, -0.1) is 0 Å². The molecule has 1 amide bonds. The lowest BCUT2D eigenvalue weighted by Gasteiger charge is -2.10. The van der Waals surface area contributed by atoms with Crippen molar-refractivity contribution in [3.63, 3.8) is 0 Å². The Labute approximate surface area is 128 Å². The monoisotopic (exact) mass is 299 g/mol. The zero-order valence-corrected chi connectivity index (χ0v) is 12.3. The van der Waals surface area contributed by atoms with Crippen molar-refractivity contribution in [2.75, 3.05) is 19.0 Å². The maximum absolute atomic E-state index is 11.9. The highest BCUT2D eigenvalue weighted by Gasteiger charge is 2.13. The molecule has 22 heavy (non-hydrogen) atoms. The first-order valence-corrected chi connectivity index (χ1v) is 7.07. The fourth-order valence-corrected chi connectivity index (χ4v) is 2.37. The van der Waals surface area contributed by atoms with Crippen LogP contribution in [0, 0.1) is 0 Å². The molecule has 0 saturated carbocycles. The Bertz CT molecular complexity index is 684. The van der Waals surface area contributed by atoms with Gasteiger partial charge in [0, 0.05) is 6.42 Å². The SMILES string of the molecule is COc1ccccc1NC(=O)OCc1ccc2c(c1)CCO2. The van der Waals surface area contributed by atoms with Crippen LogP contribution in [0.2, 0.25) is 0 Å². The molecule has 0 unspecified atom stereocenters. The first-order valence-electron chi connectivity index (χ1n) is 7.07. The fraction of sp³-hybridized carbons (Fsp3) is 0.235. The van der Waals surface area contributed by atoms with E-state index in [0.717, 1.165) is 23.3 Å². The molecule has 0 saturated heterocycles. The van der Waals surface area contributed by atoms with Crippen LogP contribution in [0.1, 0.15) is 11.1 Å². The predicted octanol–water partition coefficient (Wildman–Crippen LogP) is 3.38. The van der Waals surface area contributed by atoms with Gasteiger partial charge in [0.15, 0.2) is 0 Å². The van der Waals surface area contributed by atoms with Gasteiger partial charge in [0.05, 0.1) is 19.4 Å². The molecule has 5 nitrogen and oxygen atoms in total. The first kappa shape index (κ1) is 14.3. The number of fused-ring (bicyclic) bond motifs is 1. The van der Waals surface area contributed by atoms with E-state index in [2.05, 4.69) is 5.32 Å². The molecule has 0 radical (unpaired) electrons. The minimum absolute atomic E-state index is 0.217. The number of hydrogen-bond donors (Lipinski definition) is 1. The summed E-state index contributed by atoms with van der Waals surface area (Å²) in [5.41, 5.74) is 2.68. The molecule has 1 aliphatic rings. The molecule has 5 heteroatoms. The second kappa shape index (κ2) is 6.39. The average Bonchev–Trinajstić information content (AvgIpc) is 3.01. The molecule has 0 atom stereocenters. The molecule has 1 heterocycles. The van der Waals surface area contributed by atoms with Crippen molar-refractivity contribution < 1.29 is 19.0 Å². The molecule has 0 aromatic heterocycles. The van der Waals surface area contributed by atoms with Gasteiger partial charge >= 0.3 is 6.09 Å². The Balaban J connectivity index is 1.58. The van der Waals surface area contributed by atoms with E-state index in [0.29, 0.717) is 18.0 Å². The summed E-state index contributed by atoms with van der Waals surface area (Å²) in [6.07, 6.45) is 0.387. The van der Waals surface area contributed by atoms with Crippen molar-refractivity contribution in [3.8, 4) is 11.5 Å². The van der Waals surface area contributed by atoms with Crippen molar-refractivity contribution in [2.45, 2.75) is 13.0 Å². The summed E-state index contributed by atoms with van der Waals surface area (Å²) in [7, 11) is 1.55. The van der Waals surface area contributed by atoms with Gasteiger partial charge < -0.3 is 14.2 Å². The molecule has 0 spiro atoms. The third-order valence-electron chi connectivity index (χ3n) is 3.47. The Morgan fingerprint density at radius 1 is 1.27 bits per heavy atom. The van der Waals surface area contributed by atoms with Crippen LogP contribution in [-0.4, -0.2) is 19.8 Å². The molecule has 0 bridgehead atoms. The third kappa shape index (κ3) is 3.14. The van der Waals surface area contributed by atoms with E-state index in [4.69, 9.17) is 14.2 Å². The first-order chi connectivity index (χ1) is 10.8.